The first-order valence-electron chi connectivity index (χ1n) is 5.90. The molecule has 0 bridgehead atoms. The second-order valence-corrected chi connectivity index (χ2v) is 5.32. The Hall–Kier alpha value is -1.92. The number of H-pyrrole nitrogens is 1. The molecule has 0 aliphatic rings. The Bertz CT molecular complexity index is 730. The zero-order chi connectivity index (χ0) is 13.2. The Labute approximate surface area is 113 Å². The van der Waals surface area contributed by atoms with Crippen LogP contribution in [0.2, 0.25) is 0 Å². The summed E-state index contributed by atoms with van der Waals surface area (Å²) in [5.41, 5.74) is 0.691. The summed E-state index contributed by atoms with van der Waals surface area (Å²) in [5.74, 6) is 1.56. The predicted octanol–water partition coefficient (Wildman–Crippen LogP) is 2.21. The van der Waals surface area contributed by atoms with Crippen LogP contribution in [0.15, 0.2) is 39.1 Å². The van der Waals surface area contributed by atoms with Gasteiger partial charge in [-0.25, -0.2) is 4.98 Å². The average molecular weight is 275 g/mol. The number of fused-ring (bicyclic) bond motifs is 1. The number of hydrogen-bond acceptors (Lipinski definition) is 5. The van der Waals surface area contributed by atoms with Crippen molar-refractivity contribution < 1.29 is 4.42 Å². The van der Waals surface area contributed by atoms with Crippen molar-refractivity contribution in [3.63, 3.8) is 0 Å². The summed E-state index contributed by atoms with van der Waals surface area (Å²) in [5, 5.41) is 1.88. The molecule has 1 N–H and O–H groups in total. The monoisotopic (exact) mass is 275 g/mol. The van der Waals surface area contributed by atoms with Gasteiger partial charge in [-0.1, -0.05) is 0 Å². The van der Waals surface area contributed by atoms with Crippen LogP contribution in [0.25, 0.3) is 10.2 Å². The molecule has 19 heavy (non-hydrogen) atoms. The van der Waals surface area contributed by atoms with Crippen molar-refractivity contribution in [1.29, 1.82) is 0 Å². The maximum absolute atomic E-state index is 11.8. The highest BCUT2D eigenvalue weighted by molar-refractivity contribution is 7.17. The molecule has 3 aromatic rings. The molecule has 6 heteroatoms. The lowest BCUT2D eigenvalue weighted by Gasteiger charge is -2.14. The van der Waals surface area contributed by atoms with Crippen LogP contribution in [0.1, 0.15) is 11.6 Å². The van der Waals surface area contributed by atoms with E-state index in [0.717, 1.165) is 11.3 Å². The highest BCUT2D eigenvalue weighted by atomic mass is 32.1. The summed E-state index contributed by atoms with van der Waals surface area (Å²) >= 11 is 1.41. The number of aromatic amines is 1. The molecule has 98 valence electrons. The topological polar surface area (TPSA) is 62.1 Å². The number of nitrogens with one attached hydrogen (secondary N) is 1. The van der Waals surface area contributed by atoms with Gasteiger partial charge in [0.2, 0.25) is 0 Å². The fourth-order valence-electron chi connectivity index (χ4n) is 1.98. The largest absolute Gasteiger partial charge is 0.468 e. The van der Waals surface area contributed by atoms with Crippen LogP contribution < -0.4 is 5.56 Å². The van der Waals surface area contributed by atoms with E-state index in [1.807, 2.05) is 35.5 Å². The van der Waals surface area contributed by atoms with Crippen LogP contribution in [-0.4, -0.2) is 21.9 Å². The van der Waals surface area contributed by atoms with Crippen LogP contribution in [0.3, 0.4) is 0 Å². The summed E-state index contributed by atoms with van der Waals surface area (Å²) in [6.45, 7) is 1.25. The summed E-state index contributed by atoms with van der Waals surface area (Å²) in [6, 6.07) is 5.65. The van der Waals surface area contributed by atoms with Gasteiger partial charge in [-0.2, -0.15) is 0 Å². The molecular formula is C13H13N3O2S. The molecule has 0 atom stereocenters. The maximum Gasteiger partial charge on any atom is 0.268 e. The molecule has 5 nitrogen and oxygen atoms in total. The van der Waals surface area contributed by atoms with E-state index in [0.29, 0.717) is 23.6 Å². The standard InChI is InChI=1S/C13H13N3O2S/c1-16(7-9-3-2-5-18-9)8-11-14-10-4-6-19-12(10)13(17)15-11/h2-6H,7-8H2,1H3,(H,14,15,17). The summed E-state index contributed by atoms with van der Waals surface area (Å²) in [7, 11) is 1.96. The normalized spacial score (nSPS) is 11.5. The van der Waals surface area contributed by atoms with E-state index in [1.54, 1.807) is 6.26 Å². The molecule has 0 aliphatic heterocycles. The first kappa shape index (κ1) is 12.1. The van der Waals surface area contributed by atoms with Gasteiger partial charge in [0.15, 0.2) is 0 Å². The number of aromatic nitrogens is 2. The van der Waals surface area contributed by atoms with E-state index in [9.17, 15) is 4.79 Å². The molecule has 3 aromatic heterocycles. The molecule has 3 rings (SSSR count). The molecule has 0 saturated carbocycles. The zero-order valence-electron chi connectivity index (χ0n) is 10.4. The number of thiophene rings is 1. The van der Waals surface area contributed by atoms with Gasteiger partial charge in [0.05, 0.1) is 24.9 Å². The van der Waals surface area contributed by atoms with Crippen LogP contribution in [0, 0.1) is 0 Å². The number of rotatable bonds is 4. The van der Waals surface area contributed by atoms with Crippen molar-refractivity contribution >= 4 is 21.6 Å². The molecule has 0 spiro atoms. The van der Waals surface area contributed by atoms with Crippen LogP contribution in [0.4, 0.5) is 0 Å². The fourth-order valence-corrected chi connectivity index (χ4v) is 2.70. The molecule has 0 amide bonds. The smallest absolute Gasteiger partial charge is 0.268 e. The molecule has 0 radical (unpaired) electrons. The van der Waals surface area contributed by atoms with Gasteiger partial charge >= 0.3 is 0 Å². The molecule has 0 unspecified atom stereocenters. The number of furan rings is 1. The lowest BCUT2D eigenvalue weighted by Crippen LogP contribution is -2.21. The van der Waals surface area contributed by atoms with Crippen molar-refractivity contribution in [2.24, 2.45) is 0 Å². The Balaban J connectivity index is 1.79. The molecular weight excluding hydrogens is 262 g/mol. The first-order chi connectivity index (χ1) is 9.22. The minimum Gasteiger partial charge on any atom is -0.468 e. The first-order valence-corrected chi connectivity index (χ1v) is 6.77. The predicted molar refractivity (Wildman–Crippen MR) is 74.1 cm³/mol. The Kier molecular flexibility index (Phi) is 3.18. The van der Waals surface area contributed by atoms with Crippen molar-refractivity contribution in [3.8, 4) is 0 Å². The van der Waals surface area contributed by atoms with E-state index in [4.69, 9.17) is 4.42 Å². The SMILES string of the molecule is CN(Cc1nc2ccsc2c(=O)[nH]1)Cc1ccco1. The lowest BCUT2D eigenvalue weighted by molar-refractivity contribution is 0.281. The van der Waals surface area contributed by atoms with E-state index in [-0.39, 0.29) is 5.56 Å². The van der Waals surface area contributed by atoms with Gasteiger partial charge in [-0.15, -0.1) is 11.3 Å². The van der Waals surface area contributed by atoms with E-state index >= 15 is 0 Å². The van der Waals surface area contributed by atoms with Gasteiger partial charge in [0.25, 0.3) is 5.56 Å². The minimum absolute atomic E-state index is 0.0681. The third-order valence-electron chi connectivity index (χ3n) is 2.79. The fraction of sp³-hybridized carbons (Fsp3) is 0.231. The highest BCUT2D eigenvalue weighted by Gasteiger charge is 2.08. The average Bonchev–Trinajstić information content (AvgIpc) is 2.99. The molecule has 0 fully saturated rings. The molecule has 0 aromatic carbocycles. The van der Waals surface area contributed by atoms with Gasteiger partial charge in [-0.3, -0.25) is 9.69 Å². The third kappa shape index (κ3) is 2.59. The van der Waals surface area contributed by atoms with Crippen LogP contribution >= 0.6 is 11.3 Å². The second kappa shape index (κ2) is 4.99. The molecule has 0 saturated heterocycles. The number of hydrogen-bond donors (Lipinski definition) is 1. The molecule has 0 aliphatic carbocycles. The Morgan fingerprint density at radius 2 is 2.32 bits per heavy atom. The van der Waals surface area contributed by atoms with Gasteiger partial charge in [0, 0.05) is 0 Å². The van der Waals surface area contributed by atoms with Crippen LogP contribution in [-0.2, 0) is 13.1 Å². The minimum atomic E-state index is -0.0681. The maximum atomic E-state index is 11.8. The summed E-state index contributed by atoms with van der Waals surface area (Å²) in [6.07, 6.45) is 1.65. The Morgan fingerprint density at radius 3 is 3.11 bits per heavy atom. The summed E-state index contributed by atoms with van der Waals surface area (Å²) in [4.78, 5) is 21.1. The van der Waals surface area contributed by atoms with E-state index in [2.05, 4.69) is 9.97 Å². The molecule has 3 heterocycles. The second-order valence-electron chi connectivity index (χ2n) is 4.40. The van der Waals surface area contributed by atoms with E-state index in [1.165, 1.54) is 11.3 Å². The van der Waals surface area contributed by atoms with Crippen molar-refractivity contribution in [2.45, 2.75) is 13.1 Å². The Morgan fingerprint density at radius 1 is 1.42 bits per heavy atom. The van der Waals surface area contributed by atoms with Gasteiger partial charge in [0.1, 0.15) is 16.3 Å². The highest BCUT2D eigenvalue weighted by Crippen LogP contribution is 2.14. The summed E-state index contributed by atoms with van der Waals surface area (Å²) < 4.78 is 5.97. The van der Waals surface area contributed by atoms with Gasteiger partial charge < -0.3 is 9.40 Å². The zero-order valence-corrected chi connectivity index (χ0v) is 11.2. The number of nitrogens with zero attached hydrogens (tertiary/aromatic N) is 2. The quantitative estimate of drug-likeness (QED) is 0.793. The van der Waals surface area contributed by atoms with E-state index < -0.39 is 0 Å². The van der Waals surface area contributed by atoms with Crippen molar-refractivity contribution in [1.82, 2.24) is 14.9 Å². The van der Waals surface area contributed by atoms with Gasteiger partial charge in [-0.05, 0) is 30.6 Å². The van der Waals surface area contributed by atoms with Crippen molar-refractivity contribution in [3.05, 3.63) is 51.8 Å². The van der Waals surface area contributed by atoms with Crippen molar-refractivity contribution in [2.75, 3.05) is 7.05 Å². The van der Waals surface area contributed by atoms with Crippen LogP contribution in [0.5, 0.6) is 0 Å². The lowest BCUT2D eigenvalue weighted by atomic mass is 10.4. The third-order valence-corrected chi connectivity index (χ3v) is 3.69.